The zero-order valence-electron chi connectivity index (χ0n) is 17.7. The van der Waals surface area contributed by atoms with Gasteiger partial charge in [-0.15, -0.1) is 0 Å². The average Bonchev–Trinajstić information content (AvgIpc) is 3.38. The molecule has 0 saturated heterocycles. The van der Waals surface area contributed by atoms with E-state index >= 15 is 0 Å². The first-order chi connectivity index (χ1) is 16.3. The summed E-state index contributed by atoms with van der Waals surface area (Å²) in [5.41, 5.74) is 8.87. The Morgan fingerprint density at radius 3 is 2.27 bits per heavy atom. The Bertz CT molecular complexity index is 1820. The predicted octanol–water partition coefficient (Wildman–Crippen LogP) is 7.43. The van der Waals surface area contributed by atoms with Gasteiger partial charge in [-0.25, -0.2) is 0 Å². The summed E-state index contributed by atoms with van der Waals surface area (Å²) in [7, 11) is 0. The summed E-state index contributed by atoms with van der Waals surface area (Å²) in [5, 5.41) is 24.2. The number of aromatic nitrogens is 1. The molecule has 1 unspecified atom stereocenters. The van der Waals surface area contributed by atoms with Gasteiger partial charge in [-0.2, -0.15) is 10.5 Å². The summed E-state index contributed by atoms with van der Waals surface area (Å²) in [6.07, 6.45) is 4.26. The van der Waals surface area contributed by atoms with E-state index < -0.39 is 0 Å². The van der Waals surface area contributed by atoms with Crippen molar-refractivity contribution in [1.82, 2.24) is 4.57 Å². The molecule has 3 nitrogen and oxygen atoms in total. The van der Waals surface area contributed by atoms with Gasteiger partial charge < -0.3 is 4.57 Å². The molecule has 0 aliphatic heterocycles. The van der Waals surface area contributed by atoms with Crippen molar-refractivity contribution in [1.29, 1.82) is 10.5 Å². The van der Waals surface area contributed by atoms with Crippen LogP contribution in [0.3, 0.4) is 0 Å². The Kier molecular flexibility index (Phi) is 3.52. The normalized spacial score (nSPS) is 16.4. The molecule has 0 N–H and O–H groups in total. The summed E-state index contributed by atoms with van der Waals surface area (Å²) < 4.78 is 2.26. The van der Waals surface area contributed by atoms with Crippen LogP contribution in [0.5, 0.6) is 0 Å². The number of nitrogens with zero attached hydrogens (tertiary/aromatic N) is 3. The number of hydrogen-bond acceptors (Lipinski definition) is 2. The minimum absolute atomic E-state index is 0.371. The second-order valence-electron chi connectivity index (χ2n) is 8.73. The number of fused-ring (bicyclic) bond motifs is 7. The molecule has 5 aromatic rings. The molecular formula is C30H17N3. The lowest BCUT2D eigenvalue weighted by Gasteiger charge is -2.21. The van der Waals surface area contributed by atoms with Gasteiger partial charge in [0.1, 0.15) is 0 Å². The minimum atomic E-state index is -0.371. The fourth-order valence-corrected chi connectivity index (χ4v) is 5.71. The van der Waals surface area contributed by atoms with Crippen LogP contribution in [0.1, 0.15) is 6.42 Å². The maximum absolute atomic E-state index is 10.0. The van der Waals surface area contributed by atoms with Gasteiger partial charge in [0.05, 0.1) is 29.1 Å². The monoisotopic (exact) mass is 419 g/mol. The molecule has 7 rings (SSSR count). The van der Waals surface area contributed by atoms with Crippen molar-refractivity contribution < 1.29 is 0 Å². The average molecular weight is 419 g/mol. The van der Waals surface area contributed by atoms with E-state index in [1.165, 1.54) is 43.8 Å². The molecule has 2 aliphatic rings. The molecule has 33 heavy (non-hydrogen) atoms. The van der Waals surface area contributed by atoms with E-state index in [1.807, 2.05) is 12.2 Å². The molecule has 0 bridgehead atoms. The summed E-state index contributed by atoms with van der Waals surface area (Å²) in [5.74, 6) is -0.371. The maximum atomic E-state index is 10.0. The summed E-state index contributed by atoms with van der Waals surface area (Å²) in [6.45, 7) is 0. The number of allylic oxidation sites excluding steroid dienone is 4. The molecule has 0 saturated carbocycles. The van der Waals surface area contributed by atoms with Gasteiger partial charge in [-0.05, 0) is 51.9 Å². The highest BCUT2D eigenvalue weighted by molar-refractivity contribution is 6.27. The summed E-state index contributed by atoms with van der Waals surface area (Å²) >= 11 is 0. The Morgan fingerprint density at radius 1 is 0.727 bits per heavy atom. The van der Waals surface area contributed by atoms with E-state index in [1.54, 1.807) is 0 Å². The number of nitriles is 2. The van der Waals surface area contributed by atoms with Crippen molar-refractivity contribution in [2.45, 2.75) is 6.42 Å². The second-order valence-corrected chi connectivity index (χ2v) is 8.73. The third kappa shape index (κ3) is 2.26. The van der Waals surface area contributed by atoms with Gasteiger partial charge >= 0.3 is 0 Å². The van der Waals surface area contributed by atoms with Crippen LogP contribution >= 0.6 is 0 Å². The zero-order chi connectivity index (χ0) is 22.1. The van der Waals surface area contributed by atoms with Crippen molar-refractivity contribution >= 4 is 38.3 Å². The molecule has 1 heterocycles. The molecule has 0 fully saturated rings. The third-order valence-electron chi connectivity index (χ3n) is 7.09. The molecular weight excluding hydrogens is 402 g/mol. The molecule has 3 heteroatoms. The van der Waals surface area contributed by atoms with E-state index in [0.29, 0.717) is 12.0 Å². The lowest BCUT2D eigenvalue weighted by atomic mass is 9.92. The largest absolute Gasteiger partial charge is 0.311 e. The lowest BCUT2D eigenvalue weighted by molar-refractivity contribution is 0.796. The number of para-hydroxylation sites is 1. The number of benzene rings is 4. The van der Waals surface area contributed by atoms with Crippen LogP contribution in [0.15, 0.2) is 90.5 Å². The molecule has 2 aliphatic carbocycles. The van der Waals surface area contributed by atoms with Crippen molar-refractivity contribution in [3.8, 4) is 34.4 Å². The Hall–Kier alpha value is -4.60. The lowest BCUT2D eigenvalue weighted by Crippen LogP contribution is -2.11. The summed E-state index contributed by atoms with van der Waals surface area (Å²) in [4.78, 5) is 0. The highest BCUT2D eigenvalue weighted by Crippen LogP contribution is 2.51. The first-order valence-corrected chi connectivity index (χ1v) is 11.1. The Morgan fingerprint density at radius 2 is 1.45 bits per heavy atom. The first kappa shape index (κ1) is 18.0. The van der Waals surface area contributed by atoms with Crippen LogP contribution in [0, 0.1) is 28.6 Å². The van der Waals surface area contributed by atoms with Gasteiger partial charge in [-0.1, -0.05) is 60.7 Å². The van der Waals surface area contributed by atoms with Gasteiger partial charge in [0, 0.05) is 33.8 Å². The molecule has 0 amide bonds. The van der Waals surface area contributed by atoms with Crippen LogP contribution < -0.4 is 0 Å². The highest BCUT2D eigenvalue weighted by Gasteiger charge is 2.28. The SMILES string of the molecule is N#CC1=CC=C(n2c3ccccc3c3cc4c5c(cccc5c32)-c2ccccc2-4)C(C#N)C1. The molecule has 4 aromatic carbocycles. The van der Waals surface area contributed by atoms with Crippen LogP contribution in [0.25, 0.3) is 60.5 Å². The fraction of sp³-hybridized carbons (Fsp3) is 0.0667. The molecule has 0 radical (unpaired) electrons. The highest BCUT2D eigenvalue weighted by atomic mass is 15.0. The number of hydrogen-bond donors (Lipinski definition) is 0. The van der Waals surface area contributed by atoms with Gasteiger partial charge in [0.15, 0.2) is 0 Å². The van der Waals surface area contributed by atoms with E-state index in [2.05, 4.69) is 89.5 Å². The fourth-order valence-electron chi connectivity index (χ4n) is 5.71. The van der Waals surface area contributed by atoms with Crippen molar-refractivity contribution in [3.63, 3.8) is 0 Å². The Labute approximate surface area is 190 Å². The van der Waals surface area contributed by atoms with Crippen LogP contribution in [0.2, 0.25) is 0 Å². The quantitative estimate of drug-likeness (QED) is 0.278. The van der Waals surface area contributed by atoms with Crippen molar-refractivity contribution in [2.24, 2.45) is 5.92 Å². The standard InChI is InChI=1S/C30H17N3/c31-16-18-12-13-27(19(14-18)17-32)33-28-11-4-3-8-22(28)26-15-25-21-7-2-1-6-20(21)23-9-5-10-24(29(23)25)30(26)33/h1-13,15,19H,14H2. The second kappa shape index (κ2) is 6.45. The van der Waals surface area contributed by atoms with Crippen molar-refractivity contribution in [2.75, 3.05) is 0 Å². The predicted molar refractivity (Wildman–Crippen MR) is 133 cm³/mol. The van der Waals surface area contributed by atoms with E-state index in [9.17, 15) is 10.5 Å². The Balaban J connectivity index is 1.69. The smallest absolute Gasteiger partial charge is 0.0947 e. The van der Waals surface area contributed by atoms with Gasteiger partial charge in [0.25, 0.3) is 0 Å². The third-order valence-corrected chi connectivity index (χ3v) is 7.09. The summed E-state index contributed by atoms with van der Waals surface area (Å²) in [6, 6.07) is 30.6. The molecule has 152 valence electrons. The molecule has 1 aromatic heterocycles. The van der Waals surface area contributed by atoms with Gasteiger partial charge in [-0.3, -0.25) is 0 Å². The zero-order valence-corrected chi connectivity index (χ0v) is 17.7. The van der Waals surface area contributed by atoms with Crippen LogP contribution in [-0.4, -0.2) is 4.57 Å². The minimum Gasteiger partial charge on any atom is -0.311 e. The van der Waals surface area contributed by atoms with Crippen LogP contribution in [0.4, 0.5) is 0 Å². The van der Waals surface area contributed by atoms with E-state index in [4.69, 9.17) is 0 Å². The van der Waals surface area contributed by atoms with Gasteiger partial charge in [0.2, 0.25) is 0 Å². The molecule has 0 spiro atoms. The van der Waals surface area contributed by atoms with Crippen molar-refractivity contribution in [3.05, 3.63) is 90.5 Å². The van der Waals surface area contributed by atoms with E-state index in [-0.39, 0.29) is 5.92 Å². The topological polar surface area (TPSA) is 52.5 Å². The maximum Gasteiger partial charge on any atom is 0.0947 e. The van der Waals surface area contributed by atoms with Crippen LogP contribution in [-0.2, 0) is 0 Å². The number of rotatable bonds is 1. The molecule has 1 atom stereocenters. The first-order valence-electron chi connectivity index (χ1n) is 11.1. The van der Waals surface area contributed by atoms with E-state index in [0.717, 1.165) is 16.7 Å².